The standard InChI is InChI=1S/C19H25N3/c1-15-3-2-4-19(21-15)18-7-5-16(6-8-18)17-9-12-22(13-10-17)14-11-20/h2-8,17H,9-14,20H2,1H3. The first-order valence-corrected chi connectivity index (χ1v) is 8.22. The van der Waals surface area contributed by atoms with Gasteiger partial charge < -0.3 is 10.6 Å². The second-order valence-corrected chi connectivity index (χ2v) is 6.19. The third-order valence-electron chi connectivity index (χ3n) is 4.60. The van der Waals surface area contributed by atoms with Crippen LogP contribution in [0.15, 0.2) is 42.5 Å². The Kier molecular flexibility index (Phi) is 4.86. The molecule has 1 aromatic heterocycles. The lowest BCUT2D eigenvalue weighted by Crippen LogP contribution is -2.36. The Balaban J connectivity index is 1.67. The van der Waals surface area contributed by atoms with E-state index in [0.717, 1.165) is 24.5 Å². The van der Waals surface area contributed by atoms with Crippen molar-refractivity contribution in [1.82, 2.24) is 9.88 Å². The van der Waals surface area contributed by atoms with Gasteiger partial charge in [0.2, 0.25) is 0 Å². The summed E-state index contributed by atoms with van der Waals surface area (Å²) in [6.07, 6.45) is 2.48. The molecule has 1 aliphatic rings. The van der Waals surface area contributed by atoms with Crippen LogP contribution in [0.4, 0.5) is 0 Å². The van der Waals surface area contributed by atoms with Crippen molar-refractivity contribution in [3.8, 4) is 11.3 Å². The number of piperidine rings is 1. The minimum atomic E-state index is 0.688. The minimum Gasteiger partial charge on any atom is -0.329 e. The van der Waals surface area contributed by atoms with E-state index in [9.17, 15) is 0 Å². The van der Waals surface area contributed by atoms with Gasteiger partial charge in [-0.15, -0.1) is 0 Å². The molecular weight excluding hydrogens is 270 g/mol. The summed E-state index contributed by atoms with van der Waals surface area (Å²) in [5, 5.41) is 0. The van der Waals surface area contributed by atoms with Crippen LogP contribution in [0.5, 0.6) is 0 Å². The van der Waals surface area contributed by atoms with Crippen LogP contribution in [-0.2, 0) is 0 Å². The van der Waals surface area contributed by atoms with Crippen molar-refractivity contribution in [2.75, 3.05) is 26.2 Å². The number of likely N-dealkylation sites (tertiary alicyclic amines) is 1. The Morgan fingerprint density at radius 2 is 1.82 bits per heavy atom. The van der Waals surface area contributed by atoms with Gasteiger partial charge in [-0.1, -0.05) is 30.3 Å². The van der Waals surface area contributed by atoms with Gasteiger partial charge in [-0.2, -0.15) is 0 Å². The third kappa shape index (κ3) is 3.54. The van der Waals surface area contributed by atoms with Gasteiger partial charge in [-0.25, -0.2) is 0 Å². The quantitative estimate of drug-likeness (QED) is 0.942. The molecule has 22 heavy (non-hydrogen) atoms. The number of rotatable bonds is 4. The highest BCUT2D eigenvalue weighted by Gasteiger charge is 2.19. The molecule has 3 heteroatoms. The first kappa shape index (κ1) is 15.2. The summed E-state index contributed by atoms with van der Waals surface area (Å²) in [5.41, 5.74) is 10.4. The molecule has 2 heterocycles. The third-order valence-corrected chi connectivity index (χ3v) is 4.60. The number of aromatic nitrogens is 1. The highest BCUT2D eigenvalue weighted by Crippen LogP contribution is 2.29. The van der Waals surface area contributed by atoms with E-state index in [1.807, 2.05) is 13.0 Å². The van der Waals surface area contributed by atoms with Crippen molar-refractivity contribution in [2.24, 2.45) is 5.73 Å². The van der Waals surface area contributed by atoms with E-state index in [0.29, 0.717) is 5.92 Å². The van der Waals surface area contributed by atoms with E-state index < -0.39 is 0 Å². The summed E-state index contributed by atoms with van der Waals surface area (Å²) in [6, 6.07) is 15.2. The number of aryl methyl sites for hydroxylation is 1. The molecule has 0 bridgehead atoms. The maximum Gasteiger partial charge on any atom is 0.0705 e. The summed E-state index contributed by atoms with van der Waals surface area (Å²) in [6.45, 7) is 6.17. The molecule has 1 aliphatic heterocycles. The van der Waals surface area contributed by atoms with E-state index in [1.165, 1.54) is 37.1 Å². The van der Waals surface area contributed by atoms with Gasteiger partial charge >= 0.3 is 0 Å². The lowest BCUT2D eigenvalue weighted by molar-refractivity contribution is 0.218. The van der Waals surface area contributed by atoms with Gasteiger partial charge in [0.05, 0.1) is 5.69 Å². The first-order valence-electron chi connectivity index (χ1n) is 8.22. The fraction of sp³-hybridized carbons (Fsp3) is 0.421. The average molecular weight is 295 g/mol. The Morgan fingerprint density at radius 1 is 1.09 bits per heavy atom. The van der Waals surface area contributed by atoms with Crippen LogP contribution < -0.4 is 5.73 Å². The molecular formula is C19H25N3. The minimum absolute atomic E-state index is 0.688. The summed E-state index contributed by atoms with van der Waals surface area (Å²) in [7, 11) is 0. The fourth-order valence-electron chi connectivity index (χ4n) is 3.30. The van der Waals surface area contributed by atoms with E-state index in [4.69, 9.17) is 5.73 Å². The largest absolute Gasteiger partial charge is 0.329 e. The van der Waals surface area contributed by atoms with Gasteiger partial charge in [0.15, 0.2) is 0 Å². The molecule has 0 spiro atoms. The van der Waals surface area contributed by atoms with Crippen molar-refractivity contribution < 1.29 is 0 Å². The number of benzene rings is 1. The topological polar surface area (TPSA) is 42.1 Å². The van der Waals surface area contributed by atoms with E-state index in [-0.39, 0.29) is 0 Å². The van der Waals surface area contributed by atoms with Crippen LogP contribution in [0.2, 0.25) is 0 Å². The number of nitrogens with two attached hydrogens (primary N) is 1. The molecule has 2 aromatic rings. The van der Waals surface area contributed by atoms with Crippen LogP contribution in [0.3, 0.4) is 0 Å². The number of nitrogens with zero attached hydrogens (tertiary/aromatic N) is 2. The predicted octanol–water partition coefficient (Wildman–Crippen LogP) is 3.20. The van der Waals surface area contributed by atoms with Gasteiger partial charge in [-0.05, 0) is 56.5 Å². The van der Waals surface area contributed by atoms with Crippen molar-refractivity contribution in [3.05, 3.63) is 53.7 Å². The van der Waals surface area contributed by atoms with E-state index in [2.05, 4.69) is 46.3 Å². The molecule has 3 rings (SSSR count). The zero-order valence-electron chi connectivity index (χ0n) is 13.3. The summed E-state index contributed by atoms with van der Waals surface area (Å²) in [5.74, 6) is 0.688. The van der Waals surface area contributed by atoms with Gasteiger partial charge in [0.1, 0.15) is 0 Å². The first-order chi connectivity index (χ1) is 10.8. The SMILES string of the molecule is Cc1cccc(-c2ccc(C3CCN(CCN)CC3)cc2)n1. The number of hydrogen-bond donors (Lipinski definition) is 1. The van der Waals surface area contributed by atoms with Crippen molar-refractivity contribution >= 4 is 0 Å². The Bertz CT molecular complexity index is 598. The fourth-order valence-corrected chi connectivity index (χ4v) is 3.30. The zero-order chi connectivity index (χ0) is 15.4. The molecule has 0 unspecified atom stereocenters. The number of hydrogen-bond acceptors (Lipinski definition) is 3. The molecule has 0 aliphatic carbocycles. The molecule has 0 radical (unpaired) electrons. The maximum atomic E-state index is 5.64. The molecule has 1 fully saturated rings. The number of pyridine rings is 1. The second-order valence-electron chi connectivity index (χ2n) is 6.19. The molecule has 0 atom stereocenters. The monoisotopic (exact) mass is 295 g/mol. The molecule has 2 N–H and O–H groups in total. The highest BCUT2D eigenvalue weighted by molar-refractivity contribution is 5.59. The van der Waals surface area contributed by atoms with E-state index in [1.54, 1.807) is 0 Å². The van der Waals surface area contributed by atoms with Crippen LogP contribution in [0.1, 0.15) is 30.0 Å². The van der Waals surface area contributed by atoms with Crippen molar-refractivity contribution in [2.45, 2.75) is 25.7 Å². The second kappa shape index (κ2) is 7.03. The van der Waals surface area contributed by atoms with Gasteiger partial charge in [0, 0.05) is 24.3 Å². The van der Waals surface area contributed by atoms with Crippen LogP contribution in [-0.4, -0.2) is 36.1 Å². The molecule has 116 valence electrons. The lowest BCUT2D eigenvalue weighted by atomic mass is 9.89. The average Bonchev–Trinajstić information content (AvgIpc) is 2.56. The van der Waals surface area contributed by atoms with Gasteiger partial charge in [-0.3, -0.25) is 4.98 Å². The Morgan fingerprint density at radius 3 is 2.45 bits per heavy atom. The van der Waals surface area contributed by atoms with Crippen molar-refractivity contribution in [3.63, 3.8) is 0 Å². The van der Waals surface area contributed by atoms with Crippen LogP contribution in [0.25, 0.3) is 11.3 Å². The predicted molar refractivity (Wildman–Crippen MR) is 91.9 cm³/mol. The molecule has 3 nitrogen and oxygen atoms in total. The zero-order valence-corrected chi connectivity index (χ0v) is 13.3. The maximum absolute atomic E-state index is 5.64. The van der Waals surface area contributed by atoms with Crippen LogP contribution >= 0.6 is 0 Å². The molecule has 0 saturated carbocycles. The van der Waals surface area contributed by atoms with Crippen molar-refractivity contribution in [1.29, 1.82) is 0 Å². The van der Waals surface area contributed by atoms with E-state index >= 15 is 0 Å². The van der Waals surface area contributed by atoms with Crippen LogP contribution in [0, 0.1) is 6.92 Å². The highest BCUT2D eigenvalue weighted by atomic mass is 15.1. The summed E-state index contributed by atoms with van der Waals surface area (Å²) >= 11 is 0. The summed E-state index contributed by atoms with van der Waals surface area (Å²) in [4.78, 5) is 7.07. The normalized spacial score (nSPS) is 16.8. The lowest BCUT2D eigenvalue weighted by Gasteiger charge is -2.31. The molecule has 1 aromatic carbocycles. The summed E-state index contributed by atoms with van der Waals surface area (Å²) < 4.78 is 0. The van der Waals surface area contributed by atoms with Gasteiger partial charge in [0.25, 0.3) is 0 Å². The smallest absolute Gasteiger partial charge is 0.0705 e. The Labute approximate surface area is 133 Å². The molecule has 0 amide bonds. The Hall–Kier alpha value is -1.71. The molecule has 1 saturated heterocycles.